The highest BCUT2D eigenvalue weighted by Crippen LogP contribution is 2.28. The van der Waals surface area contributed by atoms with Crippen LogP contribution in [0.1, 0.15) is 25.0 Å². The molecule has 0 aliphatic rings. The van der Waals surface area contributed by atoms with Crippen molar-refractivity contribution >= 4 is 27.0 Å². The van der Waals surface area contributed by atoms with Crippen molar-refractivity contribution in [2.45, 2.75) is 27.1 Å². The Kier molecular flexibility index (Phi) is 8.23. The minimum absolute atomic E-state index is 0.183. The van der Waals surface area contributed by atoms with Crippen LogP contribution in [0.2, 0.25) is 0 Å². The van der Waals surface area contributed by atoms with Gasteiger partial charge in [0.1, 0.15) is 18.9 Å². The third kappa shape index (κ3) is 5.52. The van der Waals surface area contributed by atoms with Crippen molar-refractivity contribution in [1.82, 2.24) is 14.1 Å². The normalized spacial score (nSPS) is 10.6. The highest BCUT2D eigenvalue weighted by Gasteiger charge is 2.18. The summed E-state index contributed by atoms with van der Waals surface area (Å²) in [4.78, 5) is 17.8. The topological polar surface area (TPSA) is 58.3 Å². The molecule has 0 aliphatic heterocycles. The zero-order valence-corrected chi connectivity index (χ0v) is 22.1. The van der Waals surface area contributed by atoms with E-state index in [0.29, 0.717) is 30.7 Å². The molecule has 0 saturated heterocycles. The van der Waals surface area contributed by atoms with Crippen molar-refractivity contribution in [3.05, 3.63) is 117 Å². The molecule has 0 saturated carbocycles. The van der Waals surface area contributed by atoms with Gasteiger partial charge in [-0.2, -0.15) is 4.98 Å². The lowest BCUT2D eigenvalue weighted by Gasteiger charge is -2.14. The van der Waals surface area contributed by atoms with Crippen molar-refractivity contribution in [1.29, 1.82) is 0 Å². The lowest BCUT2D eigenvalue weighted by Crippen LogP contribution is -2.21. The minimum Gasteiger partial charge on any atom is -0.473 e. The monoisotopic (exact) mass is 545 g/mol. The van der Waals surface area contributed by atoms with Gasteiger partial charge in [0.15, 0.2) is 0 Å². The van der Waals surface area contributed by atoms with Crippen molar-refractivity contribution in [3.63, 3.8) is 0 Å². The van der Waals surface area contributed by atoms with E-state index in [2.05, 4.69) is 20.9 Å². The van der Waals surface area contributed by atoms with Crippen LogP contribution in [0.3, 0.4) is 0 Å². The van der Waals surface area contributed by atoms with Crippen molar-refractivity contribution < 1.29 is 9.47 Å². The van der Waals surface area contributed by atoms with Crippen LogP contribution in [0.25, 0.3) is 16.7 Å². The quantitative estimate of drug-likeness (QED) is 0.229. The smallest absolute Gasteiger partial charge is 0.333 e. The van der Waals surface area contributed by atoms with Crippen LogP contribution in [0, 0.1) is 0 Å². The number of rotatable bonds is 7. The molecule has 5 rings (SSSR count). The Morgan fingerprint density at radius 3 is 2.03 bits per heavy atom. The zero-order valence-electron chi connectivity index (χ0n) is 20.5. The molecule has 0 N–H and O–H groups in total. The van der Waals surface area contributed by atoms with Crippen LogP contribution < -0.4 is 15.2 Å². The first kappa shape index (κ1) is 25.3. The van der Waals surface area contributed by atoms with Gasteiger partial charge in [0.2, 0.25) is 11.8 Å². The molecule has 184 valence electrons. The molecule has 0 unspecified atom stereocenters. The van der Waals surface area contributed by atoms with E-state index in [1.807, 2.05) is 98.8 Å². The number of halogens is 1. The molecule has 0 amide bonds. The lowest BCUT2D eigenvalue weighted by molar-refractivity contribution is 0.267. The summed E-state index contributed by atoms with van der Waals surface area (Å²) in [6, 6.07) is 29.0. The largest absolute Gasteiger partial charge is 0.473 e. The van der Waals surface area contributed by atoms with Crippen molar-refractivity contribution in [3.8, 4) is 17.4 Å². The van der Waals surface area contributed by atoms with Gasteiger partial charge in [0.25, 0.3) is 0 Å². The van der Waals surface area contributed by atoms with Crippen LogP contribution in [0.4, 0.5) is 0 Å². The van der Waals surface area contributed by atoms with Gasteiger partial charge >= 0.3 is 5.69 Å². The first-order chi connectivity index (χ1) is 17.6. The van der Waals surface area contributed by atoms with Crippen LogP contribution in [-0.4, -0.2) is 14.1 Å². The van der Waals surface area contributed by atoms with Crippen LogP contribution in [0.15, 0.2) is 100 Å². The number of aromatic nitrogens is 3. The van der Waals surface area contributed by atoms with E-state index in [-0.39, 0.29) is 5.69 Å². The fraction of sp³-hybridized carbons (Fsp3) is 0.172. The number of benzene rings is 3. The molecule has 0 aliphatic carbocycles. The average molecular weight is 546 g/mol. The molecule has 6 nitrogen and oxygen atoms in total. The van der Waals surface area contributed by atoms with E-state index in [4.69, 9.17) is 9.47 Å². The van der Waals surface area contributed by atoms with E-state index in [9.17, 15) is 4.79 Å². The Hall–Kier alpha value is -3.84. The number of imidazole rings is 1. The fourth-order valence-corrected chi connectivity index (χ4v) is 4.12. The molecule has 0 bridgehead atoms. The molecule has 0 radical (unpaired) electrons. The first-order valence-corrected chi connectivity index (χ1v) is 12.6. The number of ether oxygens (including phenoxy) is 2. The standard InChI is InChI=1S/C27H22BrN3O3.C2H6/c1-30-24-16-21(28)12-13-22(24)31(27(30)32)23-14-15-25(33-17-19-8-4-2-5-9-19)29-26(23)34-18-20-10-6-3-7-11-20;1-2/h2-16H,17-18H2,1H3;1-2H3. The van der Waals surface area contributed by atoms with Gasteiger partial charge in [-0.05, 0) is 35.4 Å². The van der Waals surface area contributed by atoms with Crippen molar-refractivity contribution in [2.75, 3.05) is 0 Å². The van der Waals surface area contributed by atoms with Crippen molar-refractivity contribution in [2.24, 2.45) is 7.05 Å². The molecular weight excluding hydrogens is 518 g/mol. The lowest BCUT2D eigenvalue weighted by atomic mass is 10.2. The summed E-state index contributed by atoms with van der Waals surface area (Å²) < 4.78 is 16.2. The van der Waals surface area contributed by atoms with Gasteiger partial charge in [0, 0.05) is 17.6 Å². The number of fused-ring (bicyclic) bond motifs is 1. The number of nitrogens with zero attached hydrogens (tertiary/aromatic N) is 3. The van der Waals surface area contributed by atoms with Gasteiger partial charge in [0.05, 0.1) is 11.0 Å². The molecule has 5 aromatic rings. The number of aryl methyl sites for hydroxylation is 1. The highest BCUT2D eigenvalue weighted by molar-refractivity contribution is 9.10. The maximum atomic E-state index is 13.2. The SMILES string of the molecule is CC.Cn1c(=O)n(-c2ccc(OCc3ccccc3)nc2OCc2ccccc2)c2ccc(Br)cc21. The van der Waals surface area contributed by atoms with Gasteiger partial charge in [-0.3, -0.25) is 9.13 Å². The van der Waals surface area contributed by atoms with Gasteiger partial charge in [-0.25, -0.2) is 4.79 Å². The summed E-state index contributed by atoms with van der Waals surface area (Å²) in [6.45, 7) is 4.70. The Morgan fingerprint density at radius 2 is 1.39 bits per heavy atom. The van der Waals surface area contributed by atoms with E-state index in [1.165, 1.54) is 0 Å². The predicted octanol–water partition coefficient (Wildman–Crippen LogP) is 6.67. The molecule has 2 aromatic heterocycles. The maximum Gasteiger partial charge on any atom is 0.333 e. The van der Waals surface area contributed by atoms with Crippen LogP contribution in [-0.2, 0) is 20.3 Å². The highest BCUT2D eigenvalue weighted by atomic mass is 79.9. The molecule has 0 atom stereocenters. The second-order valence-corrected chi connectivity index (χ2v) is 8.75. The Morgan fingerprint density at radius 1 is 0.778 bits per heavy atom. The van der Waals surface area contributed by atoms with E-state index < -0.39 is 0 Å². The third-order valence-corrected chi connectivity index (χ3v) is 6.01. The second kappa shape index (κ2) is 11.7. The van der Waals surface area contributed by atoms with Gasteiger partial charge in [-0.15, -0.1) is 0 Å². The molecule has 3 aromatic carbocycles. The summed E-state index contributed by atoms with van der Waals surface area (Å²) in [5.41, 5.74) is 3.98. The van der Waals surface area contributed by atoms with E-state index >= 15 is 0 Å². The summed E-state index contributed by atoms with van der Waals surface area (Å²) in [5, 5.41) is 0. The molecular formula is C29H28BrN3O3. The number of hydrogen-bond acceptors (Lipinski definition) is 4. The van der Waals surface area contributed by atoms with E-state index in [0.717, 1.165) is 26.6 Å². The Labute approximate surface area is 218 Å². The fourth-order valence-electron chi connectivity index (χ4n) is 3.77. The minimum atomic E-state index is -0.183. The second-order valence-electron chi connectivity index (χ2n) is 7.83. The Bertz CT molecular complexity index is 1500. The number of pyridine rings is 1. The molecule has 0 fully saturated rings. The molecule has 2 heterocycles. The number of hydrogen-bond donors (Lipinski definition) is 0. The Balaban J connectivity index is 0.00000148. The zero-order chi connectivity index (χ0) is 25.5. The van der Waals surface area contributed by atoms with E-state index in [1.54, 1.807) is 22.2 Å². The summed E-state index contributed by atoms with van der Waals surface area (Å²) in [7, 11) is 1.75. The van der Waals surface area contributed by atoms with Gasteiger partial charge < -0.3 is 9.47 Å². The first-order valence-electron chi connectivity index (χ1n) is 11.8. The van der Waals surface area contributed by atoms with Crippen LogP contribution >= 0.6 is 15.9 Å². The molecule has 7 heteroatoms. The summed E-state index contributed by atoms with van der Waals surface area (Å²) in [5.74, 6) is 0.749. The molecule has 36 heavy (non-hydrogen) atoms. The molecule has 0 spiro atoms. The third-order valence-electron chi connectivity index (χ3n) is 5.52. The average Bonchev–Trinajstić information content (AvgIpc) is 3.17. The summed E-state index contributed by atoms with van der Waals surface area (Å²) in [6.07, 6.45) is 0. The predicted molar refractivity (Wildman–Crippen MR) is 147 cm³/mol. The van der Waals surface area contributed by atoms with Crippen LogP contribution in [0.5, 0.6) is 11.8 Å². The van der Waals surface area contributed by atoms with Gasteiger partial charge in [-0.1, -0.05) is 90.4 Å². The summed E-state index contributed by atoms with van der Waals surface area (Å²) >= 11 is 3.49. The maximum absolute atomic E-state index is 13.2.